The van der Waals surface area contributed by atoms with Crippen molar-refractivity contribution < 1.29 is 0 Å². The molecule has 0 fully saturated rings. The minimum Gasteiger partial charge on any atom is -0.293 e. The summed E-state index contributed by atoms with van der Waals surface area (Å²) in [6, 6.07) is 0. The molecule has 1 aliphatic heterocycles. The first kappa shape index (κ1) is 9.19. The summed E-state index contributed by atoms with van der Waals surface area (Å²) in [6.07, 6.45) is 7.31. The summed E-state index contributed by atoms with van der Waals surface area (Å²) in [7, 11) is 0. The molecule has 0 radical (unpaired) electrons. The van der Waals surface area contributed by atoms with E-state index in [9.17, 15) is 0 Å². The van der Waals surface area contributed by atoms with Crippen LogP contribution in [0.5, 0.6) is 0 Å². The van der Waals surface area contributed by atoms with Crippen molar-refractivity contribution >= 4 is 22.9 Å². The maximum Gasteiger partial charge on any atom is 0.113 e. The lowest BCUT2D eigenvalue weighted by Crippen LogP contribution is -2.26. The first-order chi connectivity index (χ1) is 6.34. The SMILES string of the molecule is Clc1cnc(CN2CC=CCC2)s1. The quantitative estimate of drug-likeness (QED) is 0.704. The van der Waals surface area contributed by atoms with Crippen LogP contribution < -0.4 is 0 Å². The third-order valence-corrected chi connectivity index (χ3v) is 3.13. The molecular weight excluding hydrogens is 204 g/mol. The second-order valence-electron chi connectivity index (χ2n) is 3.05. The van der Waals surface area contributed by atoms with Crippen LogP contribution >= 0.6 is 22.9 Å². The topological polar surface area (TPSA) is 16.1 Å². The molecule has 0 N–H and O–H groups in total. The van der Waals surface area contributed by atoms with Crippen LogP contribution in [0.2, 0.25) is 4.34 Å². The number of hydrogen-bond donors (Lipinski definition) is 0. The lowest BCUT2D eigenvalue weighted by Gasteiger charge is -2.21. The molecule has 13 heavy (non-hydrogen) atoms. The van der Waals surface area contributed by atoms with E-state index in [1.165, 1.54) is 0 Å². The van der Waals surface area contributed by atoms with Gasteiger partial charge in [-0.15, -0.1) is 11.3 Å². The smallest absolute Gasteiger partial charge is 0.113 e. The van der Waals surface area contributed by atoms with Crippen LogP contribution in [0.15, 0.2) is 18.3 Å². The Hall–Kier alpha value is -0.380. The highest BCUT2D eigenvalue weighted by molar-refractivity contribution is 7.15. The molecule has 0 aliphatic carbocycles. The summed E-state index contributed by atoms with van der Waals surface area (Å²) in [5, 5.41) is 1.11. The van der Waals surface area contributed by atoms with Gasteiger partial charge in [0.1, 0.15) is 9.34 Å². The van der Waals surface area contributed by atoms with E-state index >= 15 is 0 Å². The molecule has 2 rings (SSSR count). The predicted octanol–water partition coefficient (Wildman–Crippen LogP) is 2.56. The van der Waals surface area contributed by atoms with Gasteiger partial charge in [0.15, 0.2) is 0 Å². The molecule has 1 aromatic heterocycles. The zero-order valence-electron chi connectivity index (χ0n) is 7.24. The maximum absolute atomic E-state index is 5.80. The molecule has 1 aliphatic rings. The van der Waals surface area contributed by atoms with E-state index in [1.54, 1.807) is 17.5 Å². The van der Waals surface area contributed by atoms with Crippen LogP contribution in [-0.2, 0) is 6.54 Å². The van der Waals surface area contributed by atoms with Crippen LogP contribution in [0, 0.1) is 0 Å². The molecule has 0 aromatic carbocycles. The Kier molecular flexibility index (Phi) is 2.98. The molecule has 0 amide bonds. The van der Waals surface area contributed by atoms with Crippen molar-refractivity contribution in [2.45, 2.75) is 13.0 Å². The fraction of sp³-hybridized carbons (Fsp3) is 0.444. The lowest BCUT2D eigenvalue weighted by molar-refractivity contribution is 0.290. The number of thiazole rings is 1. The summed E-state index contributed by atoms with van der Waals surface area (Å²) in [5.41, 5.74) is 0. The zero-order valence-corrected chi connectivity index (χ0v) is 8.81. The van der Waals surface area contributed by atoms with E-state index < -0.39 is 0 Å². The van der Waals surface area contributed by atoms with Gasteiger partial charge in [0.05, 0.1) is 12.7 Å². The fourth-order valence-electron chi connectivity index (χ4n) is 1.39. The second kappa shape index (κ2) is 4.22. The highest BCUT2D eigenvalue weighted by Gasteiger charge is 2.08. The van der Waals surface area contributed by atoms with Crippen molar-refractivity contribution in [1.29, 1.82) is 0 Å². The normalized spacial score (nSPS) is 17.9. The van der Waals surface area contributed by atoms with E-state index in [1.807, 2.05) is 0 Å². The van der Waals surface area contributed by atoms with Crippen molar-refractivity contribution in [3.05, 3.63) is 27.7 Å². The first-order valence-corrected chi connectivity index (χ1v) is 5.51. The fourth-order valence-corrected chi connectivity index (χ4v) is 2.38. The monoisotopic (exact) mass is 214 g/mol. The third kappa shape index (κ3) is 2.53. The van der Waals surface area contributed by atoms with Gasteiger partial charge in [0.25, 0.3) is 0 Å². The van der Waals surface area contributed by atoms with Crippen molar-refractivity contribution in [2.75, 3.05) is 13.1 Å². The van der Waals surface area contributed by atoms with Crippen molar-refractivity contribution in [2.24, 2.45) is 0 Å². The lowest BCUT2D eigenvalue weighted by atomic mass is 10.2. The van der Waals surface area contributed by atoms with Gasteiger partial charge in [0.2, 0.25) is 0 Å². The Morgan fingerprint density at radius 2 is 2.46 bits per heavy atom. The largest absolute Gasteiger partial charge is 0.293 e. The van der Waals surface area contributed by atoms with E-state index in [2.05, 4.69) is 22.0 Å². The molecule has 1 aromatic rings. The number of rotatable bonds is 2. The number of halogens is 1. The molecule has 0 spiro atoms. The minimum atomic E-state index is 0.780. The molecule has 4 heteroatoms. The van der Waals surface area contributed by atoms with Gasteiger partial charge in [-0.2, -0.15) is 0 Å². The Labute approximate surface area is 86.8 Å². The van der Waals surface area contributed by atoms with Crippen LogP contribution in [0.25, 0.3) is 0 Å². The number of nitrogens with zero attached hydrogens (tertiary/aromatic N) is 2. The molecule has 0 atom stereocenters. The van der Waals surface area contributed by atoms with Crippen LogP contribution in [0.3, 0.4) is 0 Å². The van der Waals surface area contributed by atoms with Crippen molar-refractivity contribution in [3.63, 3.8) is 0 Å². The summed E-state index contributed by atoms with van der Waals surface area (Å²) >= 11 is 7.37. The van der Waals surface area contributed by atoms with E-state index in [0.717, 1.165) is 35.4 Å². The van der Waals surface area contributed by atoms with Crippen LogP contribution in [0.1, 0.15) is 11.4 Å². The van der Waals surface area contributed by atoms with Gasteiger partial charge in [0, 0.05) is 13.1 Å². The molecule has 0 saturated carbocycles. The number of aromatic nitrogens is 1. The summed E-state index contributed by atoms with van der Waals surface area (Å²) < 4.78 is 0.780. The zero-order chi connectivity index (χ0) is 9.10. The highest BCUT2D eigenvalue weighted by Crippen LogP contribution is 2.20. The van der Waals surface area contributed by atoms with E-state index in [0.29, 0.717) is 0 Å². The summed E-state index contributed by atoms with van der Waals surface area (Å²) in [4.78, 5) is 6.60. The maximum atomic E-state index is 5.80. The third-order valence-electron chi connectivity index (χ3n) is 2.03. The van der Waals surface area contributed by atoms with Gasteiger partial charge < -0.3 is 0 Å². The standard InChI is InChI=1S/C9H11ClN2S/c10-8-6-11-9(13-8)7-12-4-2-1-3-5-12/h1-2,6H,3-5,7H2. The molecule has 2 nitrogen and oxygen atoms in total. The summed E-state index contributed by atoms with van der Waals surface area (Å²) in [6.45, 7) is 3.10. The second-order valence-corrected chi connectivity index (χ2v) is 4.80. The summed E-state index contributed by atoms with van der Waals surface area (Å²) in [5.74, 6) is 0. The van der Waals surface area contributed by atoms with Crippen LogP contribution in [0.4, 0.5) is 0 Å². The minimum absolute atomic E-state index is 0.780. The molecule has 0 saturated heterocycles. The van der Waals surface area contributed by atoms with Gasteiger partial charge in [-0.3, -0.25) is 4.90 Å². The highest BCUT2D eigenvalue weighted by atomic mass is 35.5. The molecule has 2 heterocycles. The number of hydrogen-bond acceptors (Lipinski definition) is 3. The van der Waals surface area contributed by atoms with Crippen LogP contribution in [-0.4, -0.2) is 23.0 Å². The molecule has 0 unspecified atom stereocenters. The van der Waals surface area contributed by atoms with Crippen molar-refractivity contribution in [1.82, 2.24) is 9.88 Å². The first-order valence-electron chi connectivity index (χ1n) is 4.32. The van der Waals surface area contributed by atoms with Gasteiger partial charge >= 0.3 is 0 Å². The van der Waals surface area contributed by atoms with Gasteiger partial charge in [-0.25, -0.2) is 4.98 Å². The predicted molar refractivity (Wildman–Crippen MR) is 56.2 cm³/mol. The van der Waals surface area contributed by atoms with Gasteiger partial charge in [-0.05, 0) is 6.42 Å². The van der Waals surface area contributed by atoms with Gasteiger partial charge in [-0.1, -0.05) is 23.8 Å². The molecular formula is C9H11ClN2S. The van der Waals surface area contributed by atoms with E-state index in [4.69, 9.17) is 11.6 Å². The molecule has 70 valence electrons. The average molecular weight is 215 g/mol. The Morgan fingerprint density at radius 3 is 3.08 bits per heavy atom. The van der Waals surface area contributed by atoms with Crippen molar-refractivity contribution in [3.8, 4) is 0 Å². The van der Waals surface area contributed by atoms with E-state index in [-0.39, 0.29) is 0 Å². The average Bonchev–Trinajstić information content (AvgIpc) is 2.53. The molecule has 0 bridgehead atoms. The Bertz CT molecular complexity index is 308. The Morgan fingerprint density at radius 1 is 1.54 bits per heavy atom. The Balaban J connectivity index is 1.94.